The molecule has 0 aliphatic carbocycles. The Bertz CT molecular complexity index is 973. The molecule has 124 valence electrons. The number of nitrogens with zero attached hydrogens (tertiary/aromatic N) is 5. The van der Waals surface area contributed by atoms with Gasteiger partial charge in [0, 0.05) is 12.6 Å². The maximum Gasteiger partial charge on any atom is 0.310 e. The topological polar surface area (TPSA) is 91.9 Å². The number of esters is 1. The van der Waals surface area contributed by atoms with Crippen molar-refractivity contribution in [2.24, 2.45) is 7.05 Å². The molecule has 0 unspecified atom stereocenters. The van der Waals surface area contributed by atoms with Gasteiger partial charge in [-0.2, -0.15) is 9.78 Å². The van der Waals surface area contributed by atoms with Crippen LogP contribution < -0.4 is 5.56 Å². The van der Waals surface area contributed by atoms with Gasteiger partial charge in [-0.25, -0.2) is 0 Å². The van der Waals surface area contributed by atoms with Crippen LogP contribution in [0.4, 0.5) is 0 Å². The molecule has 2 heterocycles. The fourth-order valence-electron chi connectivity index (χ4n) is 2.59. The number of hydrogen-bond acceptors (Lipinski definition) is 6. The fraction of sp³-hybridized carbons (Fsp3) is 0.312. The van der Waals surface area contributed by atoms with E-state index in [1.807, 2.05) is 13.0 Å². The maximum absolute atomic E-state index is 12.8. The minimum absolute atomic E-state index is 0.0109. The van der Waals surface area contributed by atoms with E-state index in [4.69, 9.17) is 4.74 Å². The quantitative estimate of drug-likeness (QED) is 0.662. The van der Waals surface area contributed by atoms with Gasteiger partial charge in [0.2, 0.25) is 0 Å². The number of ether oxygens (including phenoxy) is 1. The average molecular weight is 327 g/mol. The smallest absolute Gasteiger partial charge is 0.310 e. The van der Waals surface area contributed by atoms with Crippen LogP contribution in [-0.2, 0) is 23.0 Å². The molecule has 0 bridgehead atoms. The summed E-state index contributed by atoms with van der Waals surface area (Å²) in [6.07, 6.45) is 1.54. The molecule has 8 nitrogen and oxygen atoms in total. The van der Waals surface area contributed by atoms with E-state index in [1.54, 1.807) is 26.1 Å². The summed E-state index contributed by atoms with van der Waals surface area (Å²) < 4.78 is 7.63. The predicted molar refractivity (Wildman–Crippen MR) is 87.0 cm³/mol. The molecule has 0 radical (unpaired) electrons. The van der Waals surface area contributed by atoms with Crippen LogP contribution in [0.15, 0.2) is 29.2 Å². The molecule has 24 heavy (non-hydrogen) atoms. The first kappa shape index (κ1) is 15.9. The summed E-state index contributed by atoms with van der Waals surface area (Å²) in [4.78, 5) is 24.6. The van der Waals surface area contributed by atoms with Crippen molar-refractivity contribution >= 4 is 16.9 Å². The van der Waals surface area contributed by atoms with Crippen molar-refractivity contribution in [3.63, 3.8) is 0 Å². The summed E-state index contributed by atoms with van der Waals surface area (Å²) in [5.41, 5.74) is 1.69. The van der Waals surface area contributed by atoms with Crippen molar-refractivity contribution in [3.8, 4) is 5.82 Å². The lowest BCUT2D eigenvalue weighted by Gasteiger charge is -2.08. The molecule has 1 aromatic carbocycles. The van der Waals surface area contributed by atoms with Gasteiger partial charge >= 0.3 is 5.97 Å². The first-order chi connectivity index (χ1) is 11.5. The Balaban J connectivity index is 2.15. The minimum Gasteiger partial charge on any atom is -0.466 e. The molecular weight excluding hydrogens is 310 g/mol. The lowest BCUT2D eigenvalue weighted by molar-refractivity contribution is -0.142. The molecular formula is C16H17N5O3. The van der Waals surface area contributed by atoms with Gasteiger partial charge in [-0.15, -0.1) is 5.10 Å². The lowest BCUT2D eigenvalue weighted by atomic mass is 10.1. The third-order valence-corrected chi connectivity index (χ3v) is 3.72. The normalized spacial score (nSPS) is 11.0. The van der Waals surface area contributed by atoms with Gasteiger partial charge in [0.1, 0.15) is 5.52 Å². The van der Waals surface area contributed by atoms with Gasteiger partial charge in [-0.3, -0.25) is 14.3 Å². The molecule has 0 spiro atoms. The number of fused-ring (bicyclic) bond motifs is 1. The third kappa shape index (κ3) is 2.66. The van der Waals surface area contributed by atoms with Crippen molar-refractivity contribution in [1.82, 2.24) is 24.8 Å². The summed E-state index contributed by atoms with van der Waals surface area (Å²) >= 11 is 0. The summed E-state index contributed by atoms with van der Waals surface area (Å²) in [6.45, 7) is 3.91. The molecule has 0 fully saturated rings. The van der Waals surface area contributed by atoms with E-state index >= 15 is 0 Å². The Labute approximate surface area is 137 Å². The second kappa shape index (κ2) is 6.23. The number of aromatic nitrogens is 5. The van der Waals surface area contributed by atoms with Crippen molar-refractivity contribution in [2.75, 3.05) is 6.61 Å². The number of benzene rings is 1. The highest BCUT2D eigenvalue weighted by atomic mass is 16.5. The summed E-state index contributed by atoms with van der Waals surface area (Å²) in [7, 11) is 1.68. The fourth-order valence-corrected chi connectivity index (χ4v) is 2.59. The standard InChI is InChI=1S/C16H17N5O3/c1-4-24-13(22)8-11-9-17-20(3)15(11)21-16(23)12-7-5-6-10(2)14(12)18-19-21/h5-7,9H,4,8H2,1-3H3. The van der Waals surface area contributed by atoms with Gasteiger partial charge in [-0.05, 0) is 25.5 Å². The van der Waals surface area contributed by atoms with Gasteiger partial charge in [0.05, 0.1) is 24.6 Å². The van der Waals surface area contributed by atoms with E-state index in [9.17, 15) is 9.59 Å². The molecule has 0 saturated carbocycles. The number of carbonyl (C=O) groups excluding carboxylic acids is 1. The molecule has 0 amide bonds. The molecule has 3 rings (SSSR count). The monoisotopic (exact) mass is 327 g/mol. The molecule has 0 atom stereocenters. The second-order valence-electron chi connectivity index (χ2n) is 5.38. The third-order valence-electron chi connectivity index (χ3n) is 3.72. The Hall–Kier alpha value is -3.03. The summed E-state index contributed by atoms with van der Waals surface area (Å²) in [6, 6.07) is 5.38. The average Bonchev–Trinajstić information content (AvgIpc) is 2.89. The predicted octanol–water partition coefficient (Wildman–Crippen LogP) is 0.928. The van der Waals surface area contributed by atoms with Gasteiger partial charge in [0.25, 0.3) is 5.56 Å². The van der Waals surface area contributed by atoms with Gasteiger partial charge < -0.3 is 4.74 Å². The SMILES string of the molecule is CCOC(=O)Cc1cnn(C)c1-n1nnc2c(C)cccc2c1=O. The Kier molecular flexibility index (Phi) is 4.11. The second-order valence-corrected chi connectivity index (χ2v) is 5.38. The van der Waals surface area contributed by atoms with Crippen LogP contribution in [0.5, 0.6) is 0 Å². The Morgan fingerprint density at radius 2 is 2.12 bits per heavy atom. The lowest BCUT2D eigenvalue weighted by Crippen LogP contribution is -2.26. The number of aryl methyl sites for hydroxylation is 2. The maximum atomic E-state index is 12.8. The van der Waals surface area contributed by atoms with E-state index in [0.29, 0.717) is 28.9 Å². The Morgan fingerprint density at radius 3 is 2.88 bits per heavy atom. The largest absolute Gasteiger partial charge is 0.466 e. The first-order valence-electron chi connectivity index (χ1n) is 7.55. The number of rotatable bonds is 4. The summed E-state index contributed by atoms with van der Waals surface area (Å²) in [5, 5.41) is 12.8. The van der Waals surface area contributed by atoms with Crippen LogP contribution in [0.25, 0.3) is 16.7 Å². The van der Waals surface area contributed by atoms with E-state index < -0.39 is 0 Å². The van der Waals surface area contributed by atoms with Gasteiger partial charge in [0.15, 0.2) is 5.82 Å². The van der Waals surface area contributed by atoms with Crippen molar-refractivity contribution in [3.05, 3.63) is 45.9 Å². The summed E-state index contributed by atoms with van der Waals surface area (Å²) in [5.74, 6) is 0.0216. The molecule has 0 aliphatic heterocycles. The molecule has 2 aromatic heterocycles. The van der Waals surface area contributed by atoms with E-state index in [0.717, 1.165) is 5.56 Å². The number of hydrogen-bond donors (Lipinski definition) is 0. The minimum atomic E-state index is -0.385. The number of carbonyl (C=O) groups is 1. The van der Waals surface area contributed by atoms with Crippen molar-refractivity contribution in [2.45, 2.75) is 20.3 Å². The molecule has 8 heteroatoms. The zero-order valence-electron chi connectivity index (χ0n) is 13.7. The zero-order valence-corrected chi connectivity index (χ0v) is 13.7. The molecule has 0 saturated heterocycles. The van der Waals surface area contributed by atoms with Crippen LogP contribution >= 0.6 is 0 Å². The zero-order chi connectivity index (χ0) is 17.3. The van der Waals surface area contributed by atoms with Gasteiger partial charge in [-0.1, -0.05) is 17.3 Å². The van der Waals surface area contributed by atoms with E-state index in [1.165, 1.54) is 15.6 Å². The van der Waals surface area contributed by atoms with E-state index in [-0.39, 0.29) is 17.9 Å². The van der Waals surface area contributed by atoms with Crippen LogP contribution in [0.2, 0.25) is 0 Å². The Morgan fingerprint density at radius 1 is 1.33 bits per heavy atom. The highest BCUT2D eigenvalue weighted by molar-refractivity contribution is 5.80. The highest BCUT2D eigenvalue weighted by Gasteiger charge is 2.18. The van der Waals surface area contributed by atoms with Crippen molar-refractivity contribution in [1.29, 1.82) is 0 Å². The molecule has 3 aromatic rings. The highest BCUT2D eigenvalue weighted by Crippen LogP contribution is 2.15. The van der Waals surface area contributed by atoms with Crippen LogP contribution in [0.1, 0.15) is 18.1 Å². The molecule has 0 N–H and O–H groups in total. The molecule has 0 aliphatic rings. The van der Waals surface area contributed by atoms with Crippen LogP contribution in [0.3, 0.4) is 0 Å². The van der Waals surface area contributed by atoms with E-state index in [2.05, 4.69) is 15.4 Å². The van der Waals surface area contributed by atoms with Crippen LogP contribution in [-0.4, -0.2) is 37.4 Å². The van der Waals surface area contributed by atoms with Crippen LogP contribution in [0, 0.1) is 6.92 Å². The van der Waals surface area contributed by atoms with Crippen molar-refractivity contribution < 1.29 is 9.53 Å². The first-order valence-corrected chi connectivity index (χ1v) is 7.55.